The molecule has 0 radical (unpaired) electrons. The highest BCUT2D eigenvalue weighted by Crippen LogP contribution is 2.37. The molecular weight excluding hydrogens is 518 g/mol. The number of anilines is 1. The van der Waals surface area contributed by atoms with Crippen LogP contribution in [-0.4, -0.2) is 41.9 Å². The van der Waals surface area contributed by atoms with Gasteiger partial charge in [0.05, 0.1) is 10.6 Å². The molecule has 1 aliphatic rings. The fourth-order valence-electron chi connectivity index (χ4n) is 3.72. The number of nitrogens with one attached hydrogen (secondary N) is 1. The van der Waals surface area contributed by atoms with Crippen molar-refractivity contribution in [2.24, 2.45) is 0 Å². The van der Waals surface area contributed by atoms with Gasteiger partial charge >= 0.3 is 0 Å². The monoisotopic (exact) mass is 541 g/mol. The summed E-state index contributed by atoms with van der Waals surface area (Å²) in [6, 6.07) is 13.0. The quantitative estimate of drug-likeness (QED) is 0.316. The summed E-state index contributed by atoms with van der Waals surface area (Å²) in [5.41, 5.74) is 3.22. The van der Waals surface area contributed by atoms with Crippen LogP contribution in [0.3, 0.4) is 0 Å². The number of carbonyl (C=O) groups excluding carboxylic acids is 3. The van der Waals surface area contributed by atoms with Crippen molar-refractivity contribution in [1.82, 2.24) is 9.88 Å². The molecule has 0 saturated carbocycles. The van der Waals surface area contributed by atoms with E-state index in [0.717, 1.165) is 44.7 Å². The predicted molar refractivity (Wildman–Crippen MR) is 139 cm³/mol. The normalized spacial score (nSPS) is 15.0. The van der Waals surface area contributed by atoms with E-state index in [1.54, 1.807) is 25.3 Å². The van der Waals surface area contributed by atoms with Gasteiger partial charge in [0.1, 0.15) is 6.54 Å². The lowest BCUT2D eigenvalue weighted by Gasteiger charge is -2.12. The number of amides is 3. The number of thioether (sulfide) groups is 1. The number of methoxy groups -OCH3 is 1. The molecule has 2 aromatic carbocycles. The van der Waals surface area contributed by atoms with Crippen molar-refractivity contribution in [3.05, 3.63) is 69.2 Å². The SMILES string of the molecule is COCCCNC(=O)Cn1cc(/C=C2\SC(=O)N(c3ccc(C)cc3)C2=O)c2cc(Br)ccc21. The summed E-state index contributed by atoms with van der Waals surface area (Å²) in [6.07, 6.45) is 4.30. The van der Waals surface area contributed by atoms with E-state index in [9.17, 15) is 14.4 Å². The summed E-state index contributed by atoms with van der Waals surface area (Å²) in [5, 5.41) is 3.44. The largest absolute Gasteiger partial charge is 0.385 e. The highest BCUT2D eigenvalue weighted by molar-refractivity contribution is 9.10. The maximum absolute atomic E-state index is 13.1. The average Bonchev–Trinajstić information content (AvgIpc) is 3.28. The number of nitrogens with zero attached hydrogens (tertiary/aromatic N) is 2. The molecule has 0 bridgehead atoms. The Bertz CT molecular complexity index is 1280. The Morgan fingerprint density at radius 2 is 1.94 bits per heavy atom. The van der Waals surface area contributed by atoms with Crippen molar-refractivity contribution in [1.29, 1.82) is 0 Å². The molecule has 1 N–H and O–H groups in total. The van der Waals surface area contributed by atoms with Crippen LogP contribution in [-0.2, 0) is 20.9 Å². The van der Waals surface area contributed by atoms with Gasteiger partial charge in [0.15, 0.2) is 0 Å². The molecule has 0 spiro atoms. The summed E-state index contributed by atoms with van der Waals surface area (Å²) in [6.45, 7) is 3.22. The van der Waals surface area contributed by atoms with E-state index in [0.29, 0.717) is 23.7 Å². The molecule has 7 nitrogen and oxygen atoms in total. The first-order chi connectivity index (χ1) is 16.4. The van der Waals surface area contributed by atoms with Gasteiger partial charge in [0, 0.05) is 47.4 Å². The first kappa shape index (κ1) is 24.3. The Labute approximate surface area is 210 Å². The second-order valence-corrected chi connectivity index (χ2v) is 9.83. The van der Waals surface area contributed by atoms with Gasteiger partial charge in [-0.15, -0.1) is 0 Å². The van der Waals surface area contributed by atoms with Crippen molar-refractivity contribution in [2.45, 2.75) is 19.9 Å². The minimum Gasteiger partial charge on any atom is -0.385 e. The summed E-state index contributed by atoms with van der Waals surface area (Å²) >= 11 is 4.41. The fraction of sp³-hybridized carbons (Fsp3) is 0.240. The van der Waals surface area contributed by atoms with Crippen LogP contribution in [0.1, 0.15) is 17.5 Å². The molecule has 1 aromatic heterocycles. The topological polar surface area (TPSA) is 80.6 Å². The van der Waals surface area contributed by atoms with Crippen molar-refractivity contribution in [3.8, 4) is 0 Å². The maximum Gasteiger partial charge on any atom is 0.298 e. The summed E-state index contributed by atoms with van der Waals surface area (Å²) in [7, 11) is 1.63. The smallest absolute Gasteiger partial charge is 0.298 e. The third-order valence-corrected chi connectivity index (χ3v) is 6.77. The van der Waals surface area contributed by atoms with Gasteiger partial charge in [-0.1, -0.05) is 33.6 Å². The van der Waals surface area contributed by atoms with E-state index in [2.05, 4.69) is 21.2 Å². The maximum atomic E-state index is 13.1. The molecule has 34 heavy (non-hydrogen) atoms. The summed E-state index contributed by atoms with van der Waals surface area (Å²) in [5.74, 6) is -0.465. The summed E-state index contributed by atoms with van der Waals surface area (Å²) < 4.78 is 7.74. The lowest BCUT2D eigenvalue weighted by atomic mass is 10.1. The molecule has 0 aliphatic carbocycles. The van der Waals surface area contributed by atoms with Crippen molar-refractivity contribution < 1.29 is 19.1 Å². The molecule has 0 atom stereocenters. The van der Waals surface area contributed by atoms with E-state index >= 15 is 0 Å². The number of aryl methyl sites for hydroxylation is 1. The fourth-order valence-corrected chi connectivity index (χ4v) is 4.92. The number of fused-ring (bicyclic) bond motifs is 1. The van der Waals surface area contributed by atoms with Crippen LogP contribution >= 0.6 is 27.7 Å². The van der Waals surface area contributed by atoms with Crippen LogP contribution in [0.25, 0.3) is 17.0 Å². The minimum atomic E-state index is -0.356. The van der Waals surface area contributed by atoms with Crippen molar-refractivity contribution >= 4 is 67.4 Å². The number of imide groups is 1. The Hall–Kier alpha value is -2.88. The van der Waals surface area contributed by atoms with Gasteiger partial charge in [0.2, 0.25) is 5.91 Å². The molecule has 9 heteroatoms. The molecule has 0 unspecified atom stereocenters. The van der Waals surface area contributed by atoms with E-state index in [1.165, 1.54) is 4.90 Å². The molecule has 1 saturated heterocycles. The lowest BCUT2D eigenvalue weighted by Crippen LogP contribution is -2.28. The number of aromatic nitrogens is 1. The Morgan fingerprint density at radius 3 is 2.68 bits per heavy atom. The standard InChI is InChI=1S/C25H24BrN3O4S/c1-16-4-7-19(8-5-16)29-24(31)22(34-25(29)32)12-17-14-28(15-23(30)27-10-3-11-33-2)21-9-6-18(26)13-20(17)21/h4-9,12-14H,3,10-11,15H2,1-2H3,(H,27,30)/b22-12-. The van der Waals surface area contributed by atoms with Crippen LogP contribution in [0.15, 0.2) is 58.0 Å². The van der Waals surface area contributed by atoms with E-state index in [4.69, 9.17) is 4.74 Å². The van der Waals surface area contributed by atoms with Crippen LogP contribution in [0.4, 0.5) is 10.5 Å². The van der Waals surface area contributed by atoms with Crippen LogP contribution in [0.2, 0.25) is 0 Å². The first-order valence-electron chi connectivity index (χ1n) is 10.8. The number of ether oxygens (including phenoxy) is 1. The third kappa shape index (κ3) is 5.27. The highest BCUT2D eigenvalue weighted by atomic mass is 79.9. The Kier molecular flexibility index (Phi) is 7.55. The second kappa shape index (κ2) is 10.6. The molecule has 1 fully saturated rings. The van der Waals surface area contributed by atoms with Crippen molar-refractivity contribution in [3.63, 3.8) is 0 Å². The third-order valence-electron chi connectivity index (χ3n) is 5.41. The second-order valence-electron chi connectivity index (χ2n) is 7.92. The Morgan fingerprint density at radius 1 is 1.18 bits per heavy atom. The lowest BCUT2D eigenvalue weighted by molar-refractivity contribution is -0.121. The van der Waals surface area contributed by atoms with Crippen LogP contribution in [0, 0.1) is 6.92 Å². The van der Waals surface area contributed by atoms with Crippen molar-refractivity contribution in [2.75, 3.05) is 25.2 Å². The van der Waals surface area contributed by atoms with E-state index in [1.807, 2.05) is 48.0 Å². The van der Waals surface area contributed by atoms with Gasteiger partial charge in [-0.05, 0) is 61.5 Å². The number of hydrogen-bond donors (Lipinski definition) is 1. The van der Waals surface area contributed by atoms with Gasteiger partial charge in [-0.2, -0.15) is 0 Å². The number of rotatable bonds is 8. The van der Waals surface area contributed by atoms with Gasteiger partial charge in [-0.3, -0.25) is 14.4 Å². The predicted octanol–water partition coefficient (Wildman–Crippen LogP) is 5.11. The number of halogens is 1. The molecule has 3 aromatic rings. The van der Waals surface area contributed by atoms with Gasteiger partial charge in [-0.25, -0.2) is 4.90 Å². The zero-order valence-electron chi connectivity index (χ0n) is 18.8. The highest BCUT2D eigenvalue weighted by Gasteiger charge is 2.36. The first-order valence-corrected chi connectivity index (χ1v) is 12.4. The molecule has 2 heterocycles. The zero-order valence-corrected chi connectivity index (χ0v) is 21.2. The van der Waals surface area contributed by atoms with Crippen LogP contribution < -0.4 is 10.2 Å². The van der Waals surface area contributed by atoms with E-state index in [-0.39, 0.29) is 23.6 Å². The number of carbonyl (C=O) groups is 3. The molecule has 1 aliphatic heterocycles. The van der Waals surface area contributed by atoms with Gasteiger partial charge < -0.3 is 14.6 Å². The molecule has 176 valence electrons. The van der Waals surface area contributed by atoms with Gasteiger partial charge in [0.25, 0.3) is 11.1 Å². The zero-order chi connectivity index (χ0) is 24.2. The number of benzene rings is 2. The number of hydrogen-bond acceptors (Lipinski definition) is 5. The van der Waals surface area contributed by atoms with E-state index < -0.39 is 0 Å². The molecule has 4 rings (SSSR count). The molecular formula is C25H24BrN3O4S. The van der Waals surface area contributed by atoms with Crippen LogP contribution in [0.5, 0.6) is 0 Å². The summed E-state index contributed by atoms with van der Waals surface area (Å²) in [4.78, 5) is 39.7. The Balaban J connectivity index is 1.62. The molecule has 3 amide bonds. The average molecular weight is 542 g/mol. The minimum absolute atomic E-state index is 0.109.